The van der Waals surface area contributed by atoms with Crippen LogP contribution in [0.4, 0.5) is 5.69 Å². The van der Waals surface area contributed by atoms with E-state index in [4.69, 9.17) is 11.6 Å². The molecule has 1 amide bonds. The number of amides is 1. The average Bonchev–Trinajstić information content (AvgIpc) is 2.36. The van der Waals surface area contributed by atoms with Crippen molar-refractivity contribution in [3.63, 3.8) is 0 Å². The van der Waals surface area contributed by atoms with E-state index in [1.165, 1.54) is 19.3 Å². The van der Waals surface area contributed by atoms with Crippen molar-refractivity contribution in [3.05, 3.63) is 27.7 Å². The third-order valence-electron chi connectivity index (χ3n) is 3.49. The second-order valence-corrected chi connectivity index (χ2v) is 6.31. The maximum atomic E-state index is 12.0. The smallest absolute Gasteiger partial charge is 0.238 e. The average molecular weight is 346 g/mol. The molecule has 0 aliphatic carbocycles. The lowest BCUT2D eigenvalue weighted by molar-refractivity contribution is -0.118. The molecule has 1 unspecified atom stereocenters. The van der Waals surface area contributed by atoms with Gasteiger partial charge in [0.1, 0.15) is 0 Å². The minimum absolute atomic E-state index is 0.00188. The molecule has 5 heteroatoms. The molecule has 1 aromatic carbocycles. The van der Waals surface area contributed by atoms with Crippen molar-refractivity contribution in [3.8, 4) is 0 Å². The first-order valence-corrected chi connectivity index (χ1v) is 7.72. The molecule has 1 fully saturated rings. The molecular weight excluding hydrogens is 328 g/mol. The van der Waals surface area contributed by atoms with Gasteiger partial charge in [0.2, 0.25) is 5.91 Å². The van der Waals surface area contributed by atoms with Gasteiger partial charge in [-0.25, -0.2) is 0 Å². The third-order valence-corrected chi connectivity index (χ3v) is 4.30. The van der Waals surface area contributed by atoms with Gasteiger partial charge in [0.15, 0.2) is 0 Å². The quantitative estimate of drug-likeness (QED) is 0.900. The first-order chi connectivity index (χ1) is 9.06. The molecule has 0 saturated carbocycles. The summed E-state index contributed by atoms with van der Waals surface area (Å²) in [6.45, 7) is 3.62. The van der Waals surface area contributed by atoms with E-state index in [1.807, 2.05) is 12.1 Å². The third kappa shape index (κ3) is 4.20. The van der Waals surface area contributed by atoms with E-state index in [9.17, 15) is 4.79 Å². The number of carbonyl (C=O) groups is 1. The number of hydrogen-bond acceptors (Lipinski definition) is 2. The van der Waals surface area contributed by atoms with Gasteiger partial charge in [0, 0.05) is 10.5 Å². The summed E-state index contributed by atoms with van der Waals surface area (Å²) in [5.41, 5.74) is 0.666. The highest BCUT2D eigenvalue weighted by molar-refractivity contribution is 9.10. The molecule has 2 rings (SSSR count). The van der Waals surface area contributed by atoms with Crippen LogP contribution in [0.3, 0.4) is 0 Å². The Balaban J connectivity index is 1.93. The molecule has 1 aromatic rings. The minimum Gasteiger partial charge on any atom is -0.324 e. The summed E-state index contributed by atoms with van der Waals surface area (Å²) in [6, 6.07) is 5.94. The van der Waals surface area contributed by atoms with Gasteiger partial charge in [-0.1, -0.05) is 34.0 Å². The Morgan fingerprint density at radius 1 is 1.53 bits per heavy atom. The van der Waals surface area contributed by atoms with Crippen LogP contribution in [0.1, 0.15) is 26.2 Å². The number of piperidine rings is 1. The number of halogens is 2. The van der Waals surface area contributed by atoms with Gasteiger partial charge in [-0.3, -0.25) is 9.69 Å². The van der Waals surface area contributed by atoms with Gasteiger partial charge >= 0.3 is 0 Å². The molecule has 104 valence electrons. The topological polar surface area (TPSA) is 32.3 Å². The SMILES string of the molecule is CC1CCCCN1CC(=O)Nc1ccc(Br)cc1Cl. The van der Waals surface area contributed by atoms with Crippen LogP contribution in [0, 0.1) is 0 Å². The number of benzene rings is 1. The number of likely N-dealkylation sites (tertiary alicyclic amines) is 1. The van der Waals surface area contributed by atoms with E-state index in [2.05, 4.69) is 33.1 Å². The van der Waals surface area contributed by atoms with Gasteiger partial charge in [-0.2, -0.15) is 0 Å². The largest absolute Gasteiger partial charge is 0.324 e. The molecule has 3 nitrogen and oxygen atoms in total. The molecule has 0 radical (unpaired) electrons. The zero-order valence-electron chi connectivity index (χ0n) is 11.0. The predicted molar refractivity (Wildman–Crippen MR) is 82.7 cm³/mol. The van der Waals surface area contributed by atoms with Crippen molar-refractivity contribution in [2.45, 2.75) is 32.2 Å². The summed E-state index contributed by atoms with van der Waals surface area (Å²) < 4.78 is 0.903. The number of hydrogen-bond donors (Lipinski definition) is 1. The van der Waals surface area contributed by atoms with Crippen LogP contribution in [-0.4, -0.2) is 29.9 Å². The number of carbonyl (C=O) groups excluding carboxylic acids is 1. The number of nitrogens with zero attached hydrogens (tertiary/aromatic N) is 1. The number of nitrogens with one attached hydrogen (secondary N) is 1. The van der Waals surface area contributed by atoms with Crippen molar-refractivity contribution >= 4 is 39.1 Å². The van der Waals surface area contributed by atoms with Crippen LogP contribution in [0.25, 0.3) is 0 Å². The minimum atomic E-state index is -0.00188. The summed E-state index contributed by atoms with van der Waals surface area (Å²) >= 11 is 9.43. The number of rotatable bonds is 3. The van der Waals surface area contributed by atoms with Gasteiger partial charge in [-0.15, -0.1) is 0 Å². The molecule has 1 saturated heterocycles. The lowest BCUT2D eigenvalue weighted by Crippen LogP contribution is -2.42. The molecule has 1 aliphatic heterocycles. The van der Waals surface area contributed by atoms with Gasteiger partial charge in [0.25, 0.3) is 0 Å². The maximum Gasteiger partial charge on any atom is 0.238 e. The van der Waals surface area contributed by atoms with Crippen molar-refractivity contribution < 1.29 is 4.79 Å². The zero-order valence-corrected chi connectivity index (χ0v) is 13.3. The molecule has 1 N–H and O–H groups in total. The molecular formula is C14H18BrClN2O. The lowest BCUT2D eigenvalue weighted by Gasteiger charge is -2.32. The van der Waals surface area contributed by atoms with Crippen LogP contribution < -0.4 is 5.32 Å². The summed E-state index contributed by atoms with van der Waals surface area (Å²) in [5.74, 6) is -0.00188. The fourth-order valence-corrected chi connectivity index (χ4v) is 3.08. The van der Waals surface area contributed by atoms with E-state index in [1.54, 1.807) is 6.07 Å². The molecule has 1 aliphatic rings. The van der Waals surface area contributed by atoms with Gasteiger partial charge in [-0.05, 0) is 44.5 Å². The van der Waals surface area contributed by atoms with E-state index in [-0.39, 0.29) is 5.91 Å². The molecule has 19 heavy (non-hydrogen) atoms. The van der Waals surface area contributed by atoms with Gasteiger partial charge in [0.05, 0.1) is 17.3 Å². The standard InChI is InChI=1S/C14H18BrClN2O/c1-10-4-2-3-7-18(10)9-14(19)17-13-6-5-11(15)8-12(13)16/h5-6,8,10H,2-4,7,9H2,1H3,(H,17,19). The van der Waals surface area contributed by atoms with Crippen molar-refractivity contribution in [2.24, 2.45) is 0 Å². The zero-order chi connectivity index (χ0) is 13.8. The van der Waals surface area contributed by atoms with Crippen LogP contribution in [0.15, 0.2) is 22.7 Å². The highest BCUT2D eigenvalue weighted by Crippen LogP contribution is 2.25. The molecule has 1 atom stereocenters. The summed E-state index contributed by atoms with van der Waals surface area (Å²) in [7, 11) is 0. The Bertz CT molecular complexity index is 467. The maximum absolute atomic E-state index is 12.0. The first kappa shape index (κ1) is 14.8. The first-order valence-electron chi connectivity index (χ1n) is 6.55. The normalized spacial score (nSPS) is 20.3. The summed E-state index contributed by atoms with van der Waals surface area (Å²) in [6.07, 6.45) is 3.61. The van der Waals surface area contributed by atoms with E-state index in [0.29, 0.717) is 23.3 Å². The number of anilines is 1. The lowest BCUT2D eigenvalue weighted by atomic mass is 10.0. The fraction of sp³-hybridized carbons (Fsp3) is 0.500. The Morgan fingerprint density at radius 3 is 3.00 bits per heavy atom. The summed E-state index contributed by atoms with van der Waals surface area (Å²) in [4.78, 5) is 14.3. The van der Waals surface area contributed by atoms with E-state index >= 15 is 0 Å². The Hall–Kier alpha value is -0.580. The predicted octanol–water partition coefficient (Wildman–Crippen LogP) is 3.92. The van der Waals surface area contributed by atoms with Crippen LogP contribution in [0.5, 0.6) is 0 Å². The van der Waals surface area contributed by atoms with Crippen molar-refractivity contribution in [1.82, 2.24) is 4.90 Å². The van der Waals surface area contributed by atoms with Crippen molar-refractivity contribution in [1.29, 1.82) is 0 Å². The van der Waals surface area contributed by atoms with Crippen LogP contribution in [-0.2, 0) is 4.79 Å². The Morgan fingerprint density at radius 2 is 2.32 bits per heavy atom. The van der Waals surface area contributed by atoms with Crippen LogP contribution >= 0.6 is 27.5 Å². The van der Waals surface area contributed by atoms with Crippen molar-refractivity contribution in [2.75, 3.05) is 18.4 Å². The van der Waals surface area contributed by atoms with Gasteiger partial charge < -0.3 is 5.32 Å². The highest BCUT2D eigenvalue weighted by atomic mass is 79.9. The monoisotopic (exact) mass is 344 g/mol. The molecule has 0 aromatic heterocycles. The van der Waals surface area contributed by atoms with E-state index < -0.39 is 0 Å². The fourth-order valence-electron chi connectivity index (χ4n) is 2.36. The Kier molecular flexibility index (Phi) is 5.25. The second-order valence-electron chi connectivity index (χ2n) is 4.99. The van der Waals surface area contributed by atoms with E-state index in [0.717, 1.165) is 11.0 Å². The molecule has 0 spiro atoms. The highest BCUT2D eigenvalue weighted by Gasteiger charge is 2.20. The summed E-state index contributed by atoms with van der Waals surface area (Å²) in [5, 5.41) is 3.42. The Labute approximate surface area is 127 Å². The molecule has 1 heterocycles. The van der Waals surface area contributed by atoms with Crippen LogP contribution in [0.2, 0.25) is 5.02 Å². The second kappa shape index (κ2) is 6.73. The molecule has 0 bridgehead atoms.